The first-order valence-electron chi connectivity index (χ1n) is 39.2. The van der Waals surface area contributed by atoms with E-state index in [9.17, 15) is 25.9 Å². The van der Waals surface area contributed by atoms with E-state index in [1.54, 1.807) is 24.3 Å². The van der Waals surface area contributed by atoms with Gasteiger partial charge in [0.1, 0.15) is 20.2 Å². The third-order valence-corrected chi connectivity index (χ3v) is 21.0. The second kappa shape index (κ2) is 68.4. The molecule has 0 amide bonds. The van der Waals surface area contributed by atoms with Crippen LogP contribution in [0.25, 0.3) is 0 Å². The quantitative estimate of drug-likeness (QED) is 0.0370. The predicted octanol–water partition coefficient (Wildman–Crippen LogP) is 26.9. The molecule has 9 heteroatoms. The molecule has 6 nitrogen and oxygen atoms in total. The van der Waals surface area contributed by atoms with Crippen molar-refractivity contribution in [3.8, 4) is 0 Å². The van der Waals surface area contributed by atoms with Gasteiger partial charge in [0, 0.05) is 0 Å². The van der Waals surface area contributed by atoms with Gasteiger partial charge in [-0.2, -0.15) is 0 Å². The number of hydrogen-bond acceptors (Lipinski definition) is 6. The third-order valence-electron chi connectivity index (χ3n) is 19.1. The van der Waals surface area contributed by atoms with Crippen LogP contribution in [0.15, 0.2) is 58.3 Å². The second-order valence-corrected chi connectivity index (χ2v) is 30.2. The van der Waals surface area contributed by atoms with Gasteiger partial charge in [0.2, 0.25) is 0 Å². The maximum Gasteiger partial charge on any atom is 2.00 e. The van der Waals surface area contributed by atoms with E-state index in [4.69, 9.17) is 0 Å². The summed E-state index contributed by atoms with van der Waals surface area (Å²) in [6, 6.07) is 13.3. The van der Waals surface area contributed by atoms with Crippen molar-refractivity contribution in [1.82, 2.24) is 0 Å². The minimum atomic E-state index is -4.37. The van der Waals surface area contributed by atoms with Crippen LogP contribution in [0.5, 0.6) is 0 Å². The molecular formula is C80H146MgO6S2. The normalized spacial score (nSPS) is 11.7. The monoisotopic (exact) mass is 1290 g/mol. The van der Waals surface area contributed by atoms with Crippen LogP contribution < -0.4 is 0 Å². The van der Waals surface area contributed by atoms with E-state index in [-0.39, 0.29) is 32.8 Å². The van der Waals surface area contributed by atoms with Gasteiger partial charge in [-0.05, 0) is 48.9 Å². The molecule has 2 aromatic carbocycles. The number of rotatable bonds is 68. The van der Waals surface area contributed by atoms with Crippen molar-refractivity contribution in [1.29, 1.82) is 0 Å². The Kier molecular flexibility index (Phi) is 67.7. The van der Waals surface area contributed by atoms with Crippen LogP contribution in [0, 0.1) is 0 Å². The van der Waals surface area contributed by atoms with E-state index < -0.39 is 20.2 Å². The standard InChI is InChI=1S/2C40H74O3S.Mg/c2*1-2-3-4-5-6-7-8-9-10-11-12-13-14-15-16-17-18-19-20-21-22-23-24-25-26-27-28-29-30-31-32-33-36-39-37-34-35-38-40(39)44(41,42)43;/h2*34-35,37-38H,2-33,36H2,1H3,(H,41,42,43);/q;;+2/p-2. The molecular weight excluding hydrogens is 1150 g/mol. The molecule has 0 aromatic heterocycles. The van der Waals surface area contributed by atoms with Gasteiger partial charge in [-0.25, -0.2) is 16.8 Å². The van der Waals surface area contributed by atoms with E-state index in [1.807, 2.05) is 12.1 Å². The van der Waals surface area contributed by atoms with Crippen LogP contribution in [0.2, 0.25) is 0 Å². The molecule has 0 fully saturated rings. The fraction of sp³-hybridized carbons (Fsp3) is 0.850. The van der Waals surface area contributed by atoms with Crippen LogP contribution >= 0.6 is 0 Å². The van der Waals surface area contributed by atoms with Gasteiger partial charge in [-0.15, -0.1) is 0 Å². The number of hydrogen-bond donors (Lipinski definition) is 0. The molecule has 0 N–H and O–H groups in total. The van der Waals surface area contributed by atoms with Crippen molar-refractivity contribution in [2.75, 3.05) is 0 Å². The Morgan fingerprint density at radius 1 is 0.213 bits per heavy atom. The van der Waals surface area contributed by atoms with Gasteiger partial charge in [-0.3, -0.25) is 0 Å². The zero-order valence-corrected chi connectivity index (χ0v) is 62.3. The fourth-order valence-electron chi connectivity index (χ4n) is 13.3. The average molecular weight is 1290 g/mol. The molecule has 0 atom stereocenters. The third kappa shape index (κ3) is 61.6. The number of unbranched alkanes of at least 4 members (excludes halogenated alkanes) is 62. The summed E-state index contributed by atoms with van der Waals surface area (Å²) in [7, 11) is -8.73. The fourth-order valence-corrected chi connectivity index (χ4v) is 14.8. The molecule has 516 valence electrons. The van der Waals surface area contributed by atoms with E-state index >= 15 is 0 Å². The first-order valence-corrected chi connectivity index (χ1v) is 42.0. The van der Waals surface area contributed by atoms with Crippen molar-refractivity contribution in [2.45, 2.75) is 447 Å². The van der Waals surface area contributed by atoms with Crippen LogP contribution in [0.4, 0.5) is 0 Å². The van der Waals surface area contributed by atoms with Crippen molar-refractivity contribution in [2.24, 2.45) is 0 Å². The van der Waals surface area contributed by atoms with Gasteiger partial charge in [0.05, 0.1) is 9.79 Å². The first kappa shape index (κ1) is 88.0. The van der Waals surface area contributed by atoms with Crippen LogP contribution in [-0.2, 0) is 33.1 Å². The van der Waals surface area contributed by atoms with Crippen molar-refractivity contribution >= 4 is 43.3 Å². The molecule has 0 radical (unpaired) electrons. The summed E-state index contributed by atoms with van der Waals surface area (Å²) >= 11 is 0. The molecule has 2 rings (SSSR count). The van der Waals surface area contributed by atoms with E-state index in [0.29, 0.717) is 24.0 Å². The molecule has 0 aliphatic heterocycles. The summed E-state index contributed by atoms with van der Waals surface area (Å²) in [4.78, 5) is -0.0820. The Labute approximate surface area is 572 Å². The maximum atomic E-state index is 11.4. The molecule has 0 unspecified atom stereocenters. The molecule has 89 heavy (non-hydrogen) atoms. The van der Waals surface area contributed by atoms with Crippen LogP contribution in [0.3, 0.4) is 0 Å². The molecule has 0 aliphatic carbocycles. The minimum Gasteiger partial charge on any atom is -0.744 e. The van der Waals surface area contributed by atoms with Gasteiger partial charge in [-0.1, -0.05) is 448 Å². The van der Waals surface area contributed by atoms with Gasteiger partial charge in [0.25, 0.3) is 0 Å². The SMILES string of the molecule is CCCCCCCCCCCCCCCCCCCCCCCCCCCCCCCCCCc1ccccc1S(=O)(=O)[O-].CCCCCCCCCCCCCCCCCCCCCCCCCCCCCCCCCCc1ccccc1S(=O)(=O)[O-].[Mg+2]. The van der Waals surface area contributed by atoms with Crippen LogP contribution in [-0.4, -0.2) is 49.0 Å². The molecule has 0 saturated carbocycles. The molecule has 0 bridgehead atoms. The van der Waals surface area contributed by atoms with Crippen molar-refractivity contribution in [3.05, 3.63) is 59.7 Å². The summed E-state index contributed by atoms with van der Waals surface area (Å²) in [6.45, 7) is 4.60. The summed E-state index contributed by atoms with van der Waals surface area (Å²) in [5, 5.41) is 0. The molecule has 2 aromatic rings. The molecule has 0 heterocycles. The van der Waals surface area contributed by atoms with E-state index in [2.05, 4.69) is 13.8 Å². The van der Waals surface area contributed by atoms with Crippen molar-refractivity contribution in [3.63, 3.8) is 0 Å². The predicted molar refractivity (Wildman–Crippen MR) is 389 cm³/mol. The zero-order chi connectivity index (χ0) is 63.6. The summed E-state index contributed by atoms with van der Waals surface area (Å²) in [6.07, 6.45) is 90.9. The topological polar surface area (TPSA) is 114 Å². The Morgan fingerprint density at radius 3 is 0.472 bits per heavy atom. The summed E-state index contributed by atoms with van der Waals surface area (Å²) < 4.78 is 68.2. The summed E-state index contributed by atoms with van der Waals surface area (Å²) in [5.74, 6) is 0. The molecule has 0 spiro atoms. The number of aryl methyl sites for hydroxylation is 2. The van der Waals surface area contributed by atoms with Gasteiger partial charge < -0.3 is 9.11 Å². The van der Waals surface area contributed by atoms with E-state index in [0.717, 1.165) is 25.7 Å². The van der Waals surface area contributed by atoms with Gasteiger partial charge >= 0.3 is 23.1 Å². The minimum absolute atomic E-state index is 0. The Morgan fingerprint density at radius 2 is 0.337 bits per heavy atom. The Bertz CT molecular complexity index is 1820. The first-order chi connectivity index (χ1) is 43.1. The Balaban J connectivity index is 0.00000172. The molecule has 0 aliphatic rings. The maximum absolute atomic E-state index is 11.4. The Hall–Kier alpha value is -0.974. The largest absolute Gasteiger partial charge is 2.00 e. The van der Waals surface area contributed by atoms with Crippen LogP contribution in [0.1, 0.15) is 436 Å². The molecule has 0 saturated heterocycles. The zero-order valence-electron chi connectivity index (χ0n) is 59.3. The second-order valence-electron chi connectivity index (χ2n) is 27.5. The summed E-state index contributed by atoms with van der Waals surface area (Å²) in [5.41, 5.74) is 1.35. The van der Waals surface area contributed by atoms with E-state index in [1.165, 1.54) is 397 Å². The van der Waals surface area contributed by atoms with Gasteiger partial charge in [0.15, 0.2) is 0 Å². The number of benzene rings is 2. The van der Waals surface area contributed by atoms with Crippen molar-refractivity contribution < 1.29 is 25.9 Å². The average Bonchev–Trinajstić information content (AvgIpc) is 1.90. The smallest absolute Gasteiger partial charge is 0.744 e.